The average molecular weight is 243 g/mol. The number of rotatable bonds is 3. The summed E-state index contributed by atoms with van der Waals surface area (Å²) in [5, 5.41) is 10.6. The van der Waals surface area contributed by atoms with Crippen LogP contribution in [0.3, 0.4) is 0 Å². The van der Waals surface area contributed by atoms with Crippen molar-refractivity contribution in [3.63, 3.8) is 0 Å². The van der Waals surface area contributed by atoms with Gasteiger partial charge in [-0.2, -0.15) is 0 Å². The number of para-hydroxylation sites is 1. The van der Waals surface area contributed by atoms with Crippen molar-refractivity contribution in [2.24, 2.45) is 0 Å². The van der Waals surface area contributed by atoms with E-state index >= 15 is 0 Å². The molecule has 18 heavy (non-hydrogen) atoms. The summed E-state index contributed by atoms with van der Waals surface area (Å²) in [7, 11) is 0. The molecule has 0 unspecified atom stereocenters. The molecule has 1 saturated carbocycles. The van der Waals surface area contributed by atoms with E-state index in [0.29, 0.717) is 6.04 Å². The van der Waals surface area contributed by atoms with Gasteiger partial charge in [0.25, 0.3) is 0 Å². The fourth-order valence-electron chi connectivity index (χ4n) is 3.31. The van der Waals surface area contributed by atoms with Gasteiger partial charge in [0.05, 0.1) is 0 Å². The number of nitrogens with zero attached hydrogens (tertiary/aromatic N) is 1. The largest absolute Gasteiger partial charge is 0.396 e. The maximum absolute atomic E-state index is 9.25. The second-order valence-electron chi connectivity index (χ2n) is 5.33. The first-order valence-electron chi connectivity index (χ1n) is 7.10. The summed E-state index contributed by atoms with van der Waals surface area (Å²) in [6.45, 7) is 0.239. The minimum atomic E-state index is 0.239. The fraction of sp³-hybridized carbons (Fsp3) is 0.500. The molecule has 0 radical (unpaired) electrons. The standard InChI is InChI=1S/C16H21NO/c18-11-10-15-12-13-6-4-5-9-16(13)17(15)14-7-2-1-3-8-14/h4-6,9,12,14,18H,1-3,7-8,10-11H2. The first-order valence-corrected chi connectivity index (χ1v) is 7.10. The van der Waals surface area contributed by atoms with Crippen molar-refractivity contribution < 1.29 is 5.11 Å². The SMILES string of the molecule is OCCc1cc2ccccc2n1C1CCCCC1. The second kappa shape index (κ2) is 5.15. The molecular weight excluding hydrogens is 222 g/mol. The van der Waals surface area contributed by atoms with Crippen LogP contribution in [0.5, 0.6) is 0 Å². The molecule has 0 spiro atoms. The molecule has 1 aromatic heterocycles. The van der Waals surface area contributed by atoms with Gasteiger partial charge in [-0.15, -0.1) is 0 Å². The average Bonchev–Trinajstić information content (AvgIpc) is 2.78. The summed E-state index contributed by atoms with van der Waals surface area (Å²) in [5.41, 5.74) is 2.64. The quantitative estimate of drug-likeness (QED) is 0.874. The lowest BCUT2D eigenvalue weighted by Gasteiger charge is -2.26. The molecule has 3 rings (SSSR count). The van der Waals surface area contributed by atoms with Gasteiger partial charge in [-0.25, -0.2) is 0 Å². The van der Waals surface area contributed by atoms with E-state index < -0.39 is 0 Å². The van der Waals surface area contributed by atoms with E-state index in [1.165, 1.54) is 48.7 Å². The Morgan fingerprint density at radius 3 is 2.67 bits per heavy atom. The molecule has 0 bridgehead atoms. The predicted octanol–water partition coefficient (Wildman–Crippen LogP) is 3.68. The summed E-state index contributed by atoms with van der Waals surface area (Å²) >= 11 is 0. The Morgan fingerprint density at radius 2 is 1.89 bits per heavy atom. The normalized spacial score (nSPS) is 17.4. The number of benzene rings is 1. The molecule has 1 fully saturated rings. The first kappa shape index (κ1) is 11.8. The molecule has 96 valence electrons. The van der Waals surface area contributed by atoms with E-state index in [1.54, 1.807) is 0 Å². The number of aliphatic hydroxyl groups excluding tert-OH is 1. The van der Waals surface area contributed by atoms with Gasteiger partial charge < -0.3 is 9.67 Å². The Morgan fingerprint density at radius 1 is 1.11 bits per heavy atom. The fourth-order valence-corrected chi connectivity index (χ4v) is 3.31. The number of hydrogen-bond acceptors (Lipinski definition) is 1. The van der Waals surface area contributed by atoms with Gasteiger partial charge in [0.1, 0.15) is 0 Å². The Balaban J connectivity index is 2.07. The second-order valence-corrected chi connectivity index (χ2v) is 5.33. The Bertz CT molecular complexity index is 523. The lowest BCUT2D eigenvalue weighted by molar-refractivity contribution is 0.290. The zero-order chi connectivity index (χ0) is 12.4. The molecule has 1 aromatic carbocycles. The minimum Gasteiger partial charge on any atom is -0.396 e. The van der Waals surface area contributed by atoms with Gasteiger partial charge in [0.15, 0.2) is 0 Å². The van der Waals surface area contributed by atoms with Crippen LogP contribution in [0, 0.1) is 0 Å². The zero-order valence-corrected chi connectivity index (χ0v) is 10.8. The summed E-state index contributed by atoms with van der Waals surface area (Å²) in [6.07, 6.45) is 7.41. The summed E-state index contributed by atoms with van der Waals surface area (Å²) < 4.78 is 2.49. The van der Waals surface area contributed by atoms with Gasteiger partial charge >= 0.3 is 0 Å². The smallest absolute Gasteiger partial charge is 0.0485 e. The summed E-state index contributed by atoms with van der Waals surface area (Å²) in [6, 6.07) is 11.5. The molecule has 2 nitrogen and oxygen atoms in total. The van der Waals surface area contributed by atoms with Crippen molar-refractivity contribution in [3.05, 3.63) is 36.0 Å². The van der Waals surface area contributed by atoms with E-state index in [1.807, 2.05) is 0 Å². The molecule has 0 atom stereocenters. The molecule has 1 aliphatic rings. The Labute approximate surface area is 108 Å². The summed E-state index contributed by atoms with van der Waals surface area (Å²) in [5.74, 6) is 0. The van der Waals surface area contributed by atoms with Crippen LogP contribution in [0.25, 0.3) is 10.9 Å². The highest BCUT2D eigenvalue weighted by Crippen LogP contribution is 2.33. The van der Waals surface area contributed by atoms with Crippen LogP contribution in [0.15, 0.2) is 30.3 Å². The van der Waals surface area contributed by atoms with Crippen molar-refractivity contribution >= 4 is 10.9 Å². The molecular formula is C16H21NO. The molecule has 0 aliphatic heterocycles. The number of aliphatic hydroxyl groups is 1. The highest BCUT2D eigenvalue weighted by Gasteiger charge is 2.19. The van der Waals surface area contributed by atoms with Crippen molar-refractivity contribution in [2.45, 2.75) is 44.6 Å². The monoisotopic (exact) mass is 243 g/mol. The maximum Gasteiger partial charge on any atom is 0.0485 e. The van der Waals surface area contributed by atoms with Crippen LogP contribution in [0.1, 0.15) is 43.8 Å². The maximum atomic E-state index is 9.25. The lowest BCUT2D eigenvalue weighted by Crippen LogP contribution is -2.15. The van der Waals surface area contributed by atoms with E-state index in [0.717, 1.165) is 6.42 Å². The van der Waals surface area contributed by atoms with Gasteiger partial charge in [-0.1, -0.05) is 37.5 Å². The molecule has 2 aromatic rings. The predicted molar refractivity (Wildman–Crippen MR) is 74.8 cm³/mol. The van der Waals surface area contributed by atoms with Crippen LogP contribution < -0.4 is 0 Å². The molecule has 1 aliphatic carbocycles. The minimum absolute atomic E-state index is 0.239. The van der Waals surface area contributed by atoms with E-state index in [-0.39, 0.29) is 6.61 Å². The van der Waals surface area contributed by atoms with Crippen LogP contribution in [-0.4, -0.2) is 16.3 Å². The van der Waals surface area contributed by atoms with Gasteiger partial charge in [-0.3, -0.25) is 0 Å². The highest BCUT2D eigenvalue weighted by atomic mass is 16.3. The zero-order valence-electron chi connectivity index (χ0n) is 10.8. The van der Waals surface area contributed by atoms with Crippen LogP contribution in [0.4, 0.5) is 0 Å². The molecule has 1 heterocycles. The third kappa shape index (κ3) is 2.05. The number of hydrogen-bond donors (Lipinski definition) is 1. The number of aromatic nitrogens is 1. The van der Waals surface area contributed by atoms with E-state index in [2.05, 4.69) is 34.9 Å². The van der Waals surface area contributed by atoms with Crippen LogP contribution in [0.2, 0.25) is 0 Å². The van der Waals surface area contributed by atoms with Gasteiger partial charge in [0, 0.05) is 30.3 Å². The molecule has 0 saturated heterocycles. The van der Waals surface area contributed by atoms with Crippen molar-refractivity contribution in [3.8, 4) is 0 Å². The third-order valence-corrected chi connectivity index (χ3v) is 4.14. The number of fused-ring (bicyclic) bond motifs is 1. The third-order valence-electron chi connectivity index (χ3n) is 4.14. The van der Waals surface area contributed by atoms with Gasteiger partial charge in [0.2, 0.25) is 0 Å². The topological polar surface area (TPSA) is 25.2 Å². The van der Waals surface area contributed by atoms with Crippen LogP contribution >= 0.6 is 0 Å². The highest BCUT2D eigenvalue weighted by molar-refractivity contribution is 5.81. The molecule has 2 heteroatoms. The van der Waals surface area contributed by atoms with Crippen molar-refractivity contribution in [1.29, 1.82) is 0 Å². The van der Waals surface area contributed by atoms with Gasteiger partial charge in [-0.05, 0) is 30.4 Å². The summed E-state index contributed by atoms with van der Waals surface area (Å²) in [4.78, 5) is 0. The van der Waals surface area contributed by atoms with E-state index in [9.17, 15) is 5.11 Å². The molecule has 1 N–H and O–H groups in total. The molecule has 0 amide bonds. The Kier molecular flexibility index (Phi) is 3.37. The first-order chi connectivity index (χ1) is 8.90. The van der Waals surface area contributed by atoms with Crippen molar-refractivity contribution in [1.82, 2.24) is 4.57 Å². The van der Waals surface area contributed by atoms with E-state index in [4.69, 9.17) is 0 Å². The Hall–Kier alpha value is -1.28. The lowest BCUT2D eigenvalue weighted by atomic mass is 9.95. The van der Waals surface area contributed by atoms with Crippen molar-refractivity contribution in [2.75, 3.05) is 6.61 Å². The van der Waals surface area contributed by atoms with Crippen LogP contribution in [-0.2, 0) is 6.42 Å².